The fourth-order valence-corrected chi connectivity index (χ4v) is 7.03. The molecular formula is C47H90O5. The Bertz CT molecular complexity index is 750. The highest BCUT2D eigenvalue weighted by atomic mass is 16.6. The molecule has 0 saturated carbocycles. The highest BCUT2D eigenvalue weighted by Crippen LogP contribution is 2.17. The van der Waals surface area contributed by atoms with Crippen LogP contribution < -0.4 is 0 Å². The van der Waals surface area contributed by atoms with E-state index in [1.807, 2.05) is 0 Å². The Morgan fingerprint density at radius 3 is 1.12 bits per heavy atom. The molecule has 0 aromatic rings. The molecule has 0 radical (unpaired) electrons. The van der Waals surface area contributed by atoms with Crippen LogP contribution in [0.5, 0.6) is 0 Å². The highest BCUT2D eigenvalue weighted by Gasteiger charge is 2.16. The van der Waals surface area contributed by atoms with Gasteiger partial charge in [0.1, 0.15) is 6.61 Å². The zero-order valence-corrected chi connectivity index (χ0v) is 35.1. The van der Waals surface area contributed by atoms with Gasteiger partial charge in [0, 0.05) is 12.8 Å². The average Bonchev–Trinajstić information content (AvgIpc) is 3.15. The minimum atomic E-state index is -0.769. The molecule has 1 unspecified atom stereocenters. The van der Waals surface area contributed by atoms with Gasteiger partial charge in [-0.1, -0.05) is 225 Å². The molecule has 308 valence electrons. The lowest BCUT2D eigenvalue weighted by atomic mass is 10.0. The van der Waals surface area contributed by atoms with Gasteiger partial charge in [-0.15, -0.1) is 0 Å². The van der Waals surface area contributed by atoms with Crippen LogP contribution in [0.1, 0.15) is 258 Å². The molecule has 0 heterocycles. The molecule has 0 aromatic carbocycles. The third-order valence-electron chi connectivity index (χ3n) is 10.5. The fraction of sp³-hybridized carbons (Fsp3) is 0.915. The van der Waals surface area contributed by atoms with E-state index in [2.05, 4.69) is 26.0 Å². The number of carbonyl (C=O) groups is 2. The molecule has 1 N–H and O–H groups in total. The van der Waals surface area contributed by atoms with Crippen molar-refractivity contribution in [3.63, 3.8) is 0 Å². The molecule has 1 atom stereocenters. The van der Waals surface area contributed by atoms with E-state index >= 15 is 0 Å². The van der Waals surface area contributed by atoms with E-state index in [4.69, 9.17) is 9.47 Å². The SMILES string of the molecule is CCC/C=C\CCCCCCCC(=O)OC(CO)COC(=O)CCCCCCCCCCCCCCCCCCCCCCCCCCCCCC. The van der Waals surface area contributed by atoms with Crippen LogP contribution in [-0.2, 0) is 19.1 Å². The fourth-order valence-electron chi connectivity index (χ4n) is 7.03. The molecule has 0 bridgehead atoms. The second kappa shape index (κ2) is 44.0. The predicted octanol–water partition coefficient (Wildman–Crippen LogP) is 14.9. The van der Waals surface area contributed by atoms with E-state index in [1.54, 1.807) is 0 Å². The summed E-state index contributed by atoms with van der Waals surface area (Å²) in [7, 11) is 0. The first-order chi connectivity index (χ1) is 25.6. The minimum absolute atomic E-state index is 0.0633. The molecule has 0 aliphatic heterocycles. The van der Waals surface area contributed by atoms with Crippen LogP contribution in [0, 0.1) is 0 Å². The second-order valence-electron chi connectivity index (χ2n) is 15.8. The lowest BCUT2D eigenvalue weighted by Gasteiger charge is -2.15. The average molecular weight is 735 g/mol. The van der Waals surface area contributed by atoms with Crippen molar-refractivity contribution in [3.8, 4) is 0 Å². The number of carbonyl (C=O) groups excluding carboxylic acids is 2. The highest BCUT2D eigenvalue weighted by molar-refractivity contribution is 5.70. The van der Waals surface area contributed by atoms with Gasteiger partial charge in [0.25, 0.3) is 0 Å². The third kappa shape index (κ3) is 41.4. The zero-order valence-electron chi connectivity index (χ0n) is 35.1. The van der Waals surface area contributed by atoms with E-state index in [1.165, 1.54) is 186 Å². The standard InChI is InChI=1S/C47H90O5/c1-3-5-7-9-11-13-15-16-17-18-19-20-21-22-23-24-25-26-27-28-29-30-31-32-34-35-37-39-41-46(49)51-44-45(43-48)52-47(50)42-40-38-36-33-14-12-10-8-6-4-2/h8,10,45,48H,3-7,9,11-44H2,1-2H3/b10-8-. The summed E-state index contributed by atoms with van der Waals surface area (Å²) in [5.74, 6) is -0.591. The smallest absolute Gasteiger partial charge is 0.306 e. The Morgan fingerprint density at radius 1 is 0.423 bits per heavy atom. The summed E-state index contributed by atoms with van der Waals surface area (Å²) in [4.78, 5) is 24.2. The van der Waals surface area contributed by atoms with E-state index in [0.717, 1.165) is 44.9 Å². The van der Waals surface area contributed by atoms with Gasteiger partial charge in [0.05, 0.1) is 6.61 Å². The van der Waals surface area contributed by atoms with Gasteiger partial charge in [0.15, 0.2) is 6.10 Å². The number of esters is 2. The summed E-state index contributed by atoms with van der Waals surface area (Å²) >= 11 is 0. The number of hydrogen-bond acceptors (Lipinski definition) is 5. The van der Waals surface area contributed by atoms with Gasteiger partial charge in [-0.25, -0.2) is 0 Å². The van der Waals surface area contributed by atoms with Crippen LogP contribution in [0.4, 0.5) is 0 Å². The monoisotopic (exact) mass is 735 g/mol. The molecule has 5 nitrogen and oxygen atoms in total. The normalized spacial score (nSPS) is 12.1. The molecule has 0 aromatic heterocycles. The molecule has 0 amide bonds. The summed E-state index contributed by atoms with van der Waals surface area (Å²) in [6.07, 6.45) is 51.8. The van der Waals surface area contributed by atoms with Gasteiger partial charge < -0.3 is 14.6 Å². The topological polar surface area (TPSA) is 72.8 Å². The van der Waals surface area contributed by atoms with Crippen LogP contribution in [0.25, 0.3) is 0 Å². The van der Waals surface area contributed by atoms with Gasteiger partial charge in [0.2, 0.25) is 0 Å². The lowest BCUT2D eigenvalue weighted by molar-refractivity contribution is -0.161. The first kappa shape index (κ1) is 50.6. The van der Waals surface area contributed by atoms with Crippen molar-refractivity contribution in [1.29, 1.82) is 0 Å². The van der Waals surface area contributed by atoms with E-state index in [-0.39, 0.29) is 25.2 Å². The molecule has 0 aliphatic carbocycles. The molecule has 0 aliphatic rings. The van der Waals surface area contributed by atoms with E-state index in [0.29, 0.717) is 12.8 Å². The lowest BCUT2D eigenvalue weighted by Crippen LogP contribution is -2.28. The van der Waals surface area contributed by atoms with Gasteiger partial charge in [-0.3, -0.25) is 9.59 Å². The number of aliphatic hydroxyl groups excluding tert-OH is 1. The number of unbranched alkanes of at least 4 members (excludes halogenated alkanes) is 33. The Morgan fingerprint density at radius 2 is 0.750 bits per heavy atom. The third-order valence-corrected chi connectivity index (χ3v) is 10.5. The number of rotatable bonds is 43. The Balaban J connectivity index is 3.37. The van der Waals surface area contributed by atoms with Gasteiger partial charge in [-0.2, -0.15) is 0 Å². The van der Waals surface area contributed by atoms with Crippen molar-refractivity contribution in [2.45, 2.75) is 264 Å². The summed E-state index contributed by atoms with van der Waals surface area (Å²) < 4.78 is 10.6. The first-order valence-corrected chi connectivity index (χ1v) is 23.2. The molecule has 0 rings (SSSR count). The molecule has 0 saturated heterocycles. The van der Waals surface area contributed by atoms with Crippen molar-refractivity contribution in [2.24, 2.45) is 0 Å². The molecule has 0 fully saturated rings. The summed E-state index contributed by atoms with van der Waals surface area (Å²) in [5.41, 5.74) is 0. The summed E-state index contributed by atoms with van der Waals surface area (Å²) in [6, 6.07) is 0. The molecule has 0 spiro atoms. The number of aliphatic hydroxyl groups is 1. The maximum absolute atomic E-state index is 12.1. The molecule has 5 heteroatoms. The van der Waals surface area contributed by atoms with Crippen LogP contribution in [0.3, 0.4) is 0 Å². The van der Waals surface area contributed by atoms with Gasteiger partial charge >= 0.3 is 11.9 Å². The largest absolute Gasteiger partial charge is 0.462 e. The maximum atomic E-state index is 12.1. The van der Waals surface area contributed by atoms with Crippen LogP contribution >= 0.6 is 0 Å². The van der Waals surface area contributed by atoms with Crippen LogP contribution in [0.2, 0.25) is 0 Å². The van der Waals surface area contributed by atoms with Crippen LogP contribution in [0.15, 0.2) is 12.2 Å². The van der Waals surface area contributed by atoms with E-state index in [9.17, 15) is 14.7 Å². The maximum Gasteiger partial charge on any atom is 0.306 e. The number of ether oxygens (including phenoxy) is 2. The molecular weight excluding hydrogens is 645 g/mol. The molecule has 52 heavy (non-hydrogen) atoms. The predicted molar refractivity (Wildman–Crippen MR) is 224 cm³/mol. The Hall–Kier alpha value is -1.36. The Kier molecular flexibility index (Phi) is 42.9. The quantitative estimate of drug-likeness (QED) is 0.0383. The van der Waals surface area contributed by atoms with E-state index < -0.39 is 6.10 Å². The van der Waals surface area contributed by atoms with Crippen molar-refractivity contribution in [3.05, 3.63) is 12.2 Å². The first-order valence-electron chi connectivity index (χ1n) is 23.2. The van der Waals surface area contributed by atoms with Crippen LogP contribution in [-0.4, -0.2) is 36.4 Å². The second-order valence-corrected chi connectivity index (χ2v) is 15.8. The summed E-state index contributed by atoms with van der Waals surface area (Å²) in [6.45, 7) is 4.10. The van der Waals surface area contributed by atoms with Crippen molar-refractivity contribution < 1.29 is 24.2 Å². The number of allylic oxidation sites excluding steroid dienone is 2. The number of hydrogen-bond donors (Lipinski definition) is 1. The van der Waals surface area contributed by atoms with Gasteiger partial charge in [-0.05, 0) is 32.1 Å². The zero-order chi connectivity index (χ0) is 37.8. The van der Waals surface area contributed by atoms with Crippen molar-refractivity contribution in [1.82, 2.24) is 0 Å². The van der Waals surface area contributed by atoms with Crippen molar-refractivity contribution in [2.75, 3.05) is 13.2 Å². The van der Waals surface area contributed by atoms with Crippen molar-refractivity contribution >= 4 is 11.9 Å². The summed E-state index contributed by atoms with van der Waals surface area (Å²) in [5, 5.41) is 9.55. The minimum Gasteiger partial charge on any atom is -0.462 e. The Labute approximate surface area is 324 Å².